The Kier molecular flexibility index (Phi) is 5.38. The van der Waals surface area contributed by atoms with Crippen LogP contribution in [0.15, 0.2) is 12.1 Å². The Hall–Kier alpha value is -0.970. The number of aliphatic hydroxyl groups excluding tert-OH is 1. The van der Waals surface area contributed by atoms with Gasteiger partial charge in [-0.05, 0) is 11.6 Å². The highest BCUT2D eigenvalue weighted by atomic mass is 35.5. The molecule has 5 heteroatoms. The quantitative estimate of drug-likeness (QED) is 0.745. The number of nitrogens with one attached hydrogen (secondary N) is 1. The monoisotopic (exact) mass is 245 g/mol. The van der Waals surface area contributed by atoms with Crippen LogP contribution in [0.5, 0.6) is 11.5 Å². The summed E-state index contributed by atoms with van der Waals surface area (Å²) >= 11 is 6.16. The van der Waals surface area contributed by atoms with Crippen LogP contribution in [-0.2, 0) is 6.54 Å². The molecule has 1 rings (SSSR count). The third-order valence-corrected chi connectivity index (χ3v) is 2.58. The van der Waals surface area contributed by atoms with Gasteiger partial charge in [0.25, 0.3) is 0 Å². The highest BCUT2D eigenvalue weighted by molar-refractivity contribution is 6.33. The third kappa shape index (κ3) is 3.01. The van der Waals surface area contributed by atoms with E-state index in [0.29, 0.717) is 29.6 Å². The van der Waals surface area contributed by atoms with Crippen molar-refractivity contribution in [2.24, 2.45) is 0 Å². The van der Waals surface area contributed by atoms with Crippen LogP contribution in [0.25, 0.3) is 0 Å². The van der Waals surface area contributed by atoms with Gasteiger partial charge >= 0.3 is 0 Å². The molecule has 0 saturated carbocycles. The molecule has 0 radical (unpaired) electrons. The maximum absolute atomic E-state index is 8.66. The lowest BCUT2D eigenvalue weighted by Crippen LogP contribution is -2.17. The average molecular weight is 246 g/mol. The van der Waals surface area contributed by atoms with Crippen molar-refractivity contribution in [2.45, 2.75) is 6.54 Å². The van der Waals surface area contributed by atoms with Crippen LogP contribution in [0.4, 0.5) is 0 Å². The molecule has 0 fully saturated rings. The SMILES string of the molecule is COc1ccc(CNCCO)c(Cl)c1OC. The summed E-state index contributed by atoms with van der Waals surface area (Å²) in [5.74, 6) is 1.14. The number of methoxy groups -OCH3 is 2. The topological polar surface area (TPSA) is 50.7 Å². The van der Waals surface area contributed by atoms with Crippen LogP contribution >= 0.6 is 11.6 Å². The first-order chi connectivity index (χ1) is 7.74. The summed E-state index contributed by atoms with van der Waals surface area (Å²) in [6, 6.07) is 3.68. The van der Waals surface area contributed by atoms with E-state index < -0.39 is 0 Å². The van der Waals surface area contributed by atoms with E-state index in [2.05, 4.69) is 5.32 Å². The molecule has 0 saturated heterocycles. The molecule has 16 heavy (non-hydrogen) atoms. The first-order valence-corrected chi connectivity index (χ1v) is 5.33. The third-order valence-electron chi connectivity index (χ3n) is 2.17. The maximum atomic E-state index is 8.66. The van der Waals surface area contributed by atoms with Crippen molar-refractivity contribution in [3.05, 3.63) is 22.7 Å². The van der Waals surface area contributed by atoms with Gasteiger partial charge in [0.1, 0.15) is 0 Å². The van der Waals surface area contributed by atoms with Gasteiger partial charge < -0.3 is 19.9 Å². The van der Waals surface area contributed by atoms with Crippen molar-refractivity contribution in [2.75, 3.05) is 27.4 Å². The molecule has 0 unspecified atom stereocenters. The minimum absolute atomic E-state index is 0.102. The summed E-state index contributed by atoms with van der Waals surface area (Å²) in [6.07, 6.45) is 0. The molecule has 1 aromatic rings. The molecule has 2 N–H and O–H groups in total. The average Bonchev–Trinajstić information content (AvgIpc) is 2.31. The van der Waals surface area contributed by atoms with Crippen molar-refractivity contribution >= 4 is 11.6 Å². The van der Waals surface area contributed by atoms with Gasteiger partial charge in [-0.2, -0.15) is 0 Å². The van der Waals surface area contributed by atoms with Gasteiger partial charge in [-0.15, -0.1) is 0 Å². The number of hydrogen-bond acceptors (Lipinski definition) is 4. The summed E-state index contributed by atoms with van der Waals surface area (Å²) < 4.78 is 10.3. The summed E-state index contributed by atoms with van der Waals surface area (Å²) in [7, 11) is 3.12. The highest BCUT2D eigenvalue weighted by Crippen LogP contribution is 2.37. The Morgan fingerprint density at radius 2 is 2.06 bits per heavy atom. The zero-order valence-corrected chi connectivity index (χ0v) is 10.2. The second kappa shape index (κ2) is 6.58. The second-order valence-corrected chi connectivity index (χ2v) is 3.55. The molecular weight excluding hydrogens is 230 g/mol. The normalized spacial score (nSPS) is 10.2. The van der Waals surface area contributed by atoms with E-state index in [1.807, 2.05) is 6.07 Å². The summed E-state index contributed by atoms with van der Waals surface area (Å²) in [6.45, 7) is 1.22. The van der Waals surface area contributed by atoms with Crippen molar-refractivity contribution in [1.29, 1.82) is 0 Å². The second-order valence-electron chi connectivity index (χ2n) is 3.17. The van der Waals surface area contributed by atoms with Crippen LogP contribution in [0.1, 0.15) is 5.56 Å². The van der Waals surface area contributed by atoms with Crippen LogP contribution < -0.4 is 14.8 Å². The Balaban J connectivity index is 2.86. The first-order valence-electron chi connectivity index (χ1n) is 4.95. The van der Waals surface area contributed by atoms with E-state index in [1.54, 1.807) is 20.3 Å². The van der Waals surface area contributed by atoms with Gasteiger partial charge in [0.15, 0.2) is 11.5 Å². The molecule has 0 atom stereocenters. The Morgan fingerprint density at radius 3 is 2.62 bits per heavy atom. The molecule has 0 bridgehead atoms. The molecule has 90 valence electrons. The molecule has 0 aliphatic carbocycles. The molecule has 0 aromatic heterocycles. The lowest BCUT2D eigenvalue weighted by atomic mass is 10.2. The number of ether oxygens (including phenoxy) is 2. The maximum Gasteiger partial charge on any atom is 0.179 e. The van der Waals surface area contributed by atoms with E-state index in [0.717, 1.165) is 5.56 Å². The van der Waals surface area contributed by atoms with Crippen molar-refractivity contribution in [3.8, 4) is 11.5 Å². The zero-order valence-electron chi connectivity index (χ0n) is 9.42. The Labute approximate surface area is 100 Å². The number of benzene rings is 1. The van der Waals surface area contributed by atoms with Crippen molar-refractivity contribution in [3.63, 3.8) is 0 Å². The van der Waals surface area contributed by atoms with E-state index in [9.17, 15) is 0 Å². The van der Waals surface area contributed by atoms with Gasteiger partial charge in [0, 0.05) is 13.1 Å². The summed E-state index contributed by atoms with van der Waals surface area (Å²) in [5, 5.41) is 12.2. The molecule has 4 nitrogen and oxygen atoms in total. The molecule has 1 aromatic carbocycles. The molecular formula is C11H16ClNO3. The number of aliphatic hydroxyl groups is 1. The first kappa shape index (κ1) is 13.1. The lowest BCUT2D eigenvalue weighted by molar-refractivity contribution is 0.292. The minimum Gasteiger partial charge on any atom is -0.493 e. The van der Waals surface area contributed by atoms with E-state index in [-0.39, 0.29) is 6.61 Å². The summed E-state index contributed by atoms with van der Waals surface area (Å²) in [4.78, 5) is 0. The highest BCUT2D eigenvalue weighted by Gasteiger charge is 2.12. The van der Waals surface area contributed by atoms with E-state index >= 15 is 0 Å². The predicted octanol–water partition coefficient (Wildman–Crippen LogP) is 1.44. The Bertz CT molecular complexity index is 344. The van der Waals surface area contributed by atoms with E-state index in [4.69, 9.17) is 26.2 Å². The molecule has 0 heterocycles. The van der Waals surface area contributed by atoms with Gasteiger partial charge in [-0.3, -0.25) is 0 Å². The number of halogens is 1. The fourth-order valence-electron chi connectivity index (χ4n) is 1.37. The predicted molar refractivity (Wildman–Crippen MR) is 63.3 cm³/mol. The molecule has 0 aliphatic heterocycles. The van der Waals surface area contributed by atoms with Crippen LogP contribution in [-0.4, -0.2) is 32.5 Å². The fourth-order valence-corrected chi connectivity index (χ4v) is 1.67. The summed E-state index contributed by atoms with van der Waals surface area (Å²) in [5.41, 5.74) is 0.910. The smallest absolute Gasteiger partial charge is 0.179 e. The largest absolute Gasteiger partial charge is 0.493 e. The van der Waals surface area contributed by atoms with E-state index in [1.165, 1.54) is 0 Å². The molecule has 0 aliphatic rings. The fraction of sp³-hybridized carbons (Fsp3) is 0.455. The Morgan fingerprint density at radius 1 is 1.31 bits per heavy atom. The van der Waals surface area contributed by atoms with Gasteiger partial charge in [-0.25, -0.2) is 0 Å². The van der Waals surface area contributed by atoms with Crippen LogP contribution in [0.3, 0.4) is 0 Å². The van der Waals surface area contributed by atoms with Gasteiger partial charge in [-0.1, -0.05) is 17.7 Å². The number of hydrogen-bond donors (Lipinski definition) is 2. The van der Waals surface area contributed by atoms with Gasteiger partial charge in [0.05, 0.1) is 25.8 Å². The standard InChI is InChI=1S/C11H16ClNO3/c1-15-9-4-3-8(7-13-5-6-14)10(12)11(9)16-2/h3-4,13-14H,5-7H2,1-2H3. The van der Waals surface area contributed by atoms with Crippen molar-refractivity contribution in [1.82, 2.24) is 5.32 Å². The van der Waals surface area contributed by atoms with Crippen LogP contribution in [0, 0.1) is 0 Å². The minimum atomic E-state index is 0.102. The lowest BCUT2D eigenvalue weighted by Gasteiger charge is -2.13. The molecule has 0 amide bonds. The van der Waals surface area contributed by atoms with Crippen LogP contribution in [0.2, 0.25) is 5.02 Å². The molecule has 0 spiro atoms. The zero-order chi connectivity index (χ0) is 12.0. The number of rotatable bonds is 6. The van der Waals surface area contributed by atoms with Gasteiger partial charge in [0.2, 0.25) is 0 Å². The van der Waals surface area contributed by atoms with Crippen molar-refractivity contribution < 1.29 is 14.6 Å².